The van der Waals surface area contributed by atoms with Crippen molar-refractivity contribution in [3.63, 3.8) is 0 Å². The largest absolute Gasteiger partial charge is 0.330 e. The number of carbonyl (C=O) groups is 1. The van der Waals surface area contributed by atoms with Crippen molar-refractivity contribution < 1.29 is 4.79 Å². The third kappa shape index (κ3) is 3.14. The van der Waals surface area contributed by atoms with Crippen molar-refractivity contribution in [2.24, 2.45) is 0 Å². The summed E-state index contributed by atoms with van der Waals surface area (Å²) in [5, 5.41) is 6.92. The normalized spacial score (nSPS) is 17.2. The zero-order chi connectivity index (χ0) is 17.4. The Kier molecular flexibility index (Phi) is 4.44. The summed E-state index contributed by atoms with van der Waals surface area (Å²) in [6.45, 7) is 5.06. The quantitative estimate of drug-likeness (QED) is 0.614. The molecule has 0 N–H and O–H groups in total. The van der Waals surface area contributed by atoms with Crippen LogP contribution >= 0.6 is 22.7 Å². The number of carbonyl (C=O) groups excluding carboxylic acids is 1. The van der Waals surface area contributed by atoms with Gasteiger partial charge in [-0.1, -0.05) is 18.2 Å². The lowest BCUT2D eigenvalue weighted by Gasteiger charge is -2.25. The van der Waals surface area contributed by atoms with Crippen LogP contribution in [0.2, 0.25) is 0 Å². The first kappa shape index (κ1) is 16.5. The van der Waals surface area contributed by atoms with E-state index in [-0.39, 0.29) is 11.9 Å². The number of hydrogen-bond donors (Lipinski definition) is 0. The number of likely N-dealkylation sites (tertiary alicyclic amines) is 1. The average Bonchev–Trinajstić information content (AvgIpc) is 3.36. The fourth-order valence-corrected chi connectivity index (χ4v) is 4.87. The number of hydrogen-bond acceptors (Lipinski definition) is 4. The standard InChI is InChI=1S/C20H20N2OS2/c1-13-5-6-15(10-14(13)2)18-4-3-8-22(18)20(23)17-12-25-19(21-17)16-7-9-24-11-16/h5-7,9-12,18H,3-4,8H2,1-2H3. The minimum Gasteiger partial charge on any atom is -0.330 e. The second kappa shape index (κ2) is 6.73. The van der Waals surface area contributed by atoms with Crippen LogP contribution in [-0.2, 0) is 0 Å². The lowest BCUT2D eigenvalue weighted by Crippen LogP contribution is -2.30. The monoisotopic (exact) mass is 368 g/mol. The highest BCUT2D eigenvalue weighted by molar-refractivity contribution is 7.14. The van der Waals surface area contributed by atoms with E-state index >= 15 is 0 Å². The number of rotatable bonds is 3. The van der Waals surface area contributed by atoms with Crippen molar-refractivity contribution in [2.45, 2.75) is 32.7 Å². The van der Waals surface area contributed by atoms with E-state index < -0.39 is 0 Å². The average molecular weight is 369 g/mol. The molecule has 1 fully saturated rings. The van der Waals surface area contributed by atoms with Crippen molar-refractivity contribution in [1.29, 1.82) is 0 Å². The SMILES string of the molecule is Cc1ccc(C2CCCN2C(=O)c2csc(-c3ccsc3)n2)cc1C. The van der Waals surface area contributed by atoms with Gasteiger partial charge in [0.05, 0.1) is 6.04 Å². The third-order valence-electron chi connectivity index (χ3n) is 4.92. The van der Waals surface area contributed by atoms with Gasteiger partial charge in [-0.05, 0) is 54.8 Å². The van der Waals surface area contributed by atoms with Gasteiger partial charge in [0, 0.05) is 22.9 Å². The summed E-state index contributed by atoms with van der Waals surface area (Å²) < 4.78 is 0. The number of aromatic nitrogens is 1. The van der Waals surface area contributed by atoms with E-state index in [9.17, 15) is 4.79 Å². The maximum absolute atomic E-state index is 13.0. The number of thiophene rings is 1. The van der Waals surface area contributed by atoms with Crippen LogP contribution < -0.4 is 0 Å². The second-order valence-corrected chi connectivity index (χ2v) is 8.19. The van der Waals surface area contributed by atoms with Crippen LogP contribution in [0.15, 0.2) is 40.4 Å². The van der Waals surface area contributed by atoms with E-state index in [0.29, 0.717) is 5.69 Å². The van der Waals surface area contributed by atoms with Crippen molar-refractivity contribution in [1.82, 2.24) is 9.88 Å². The van der Waals surface area contributed by atoms with Crippen molar-refractivity contribution >= 4 is 28.6 Å². The highest BCUT2D eigenvalue weighted by Gasteiger charge is 2.31. The highest BCUT2D eigenvalue weighted by Crippen LogP contribution is 2.35. The summed E-state index contributed by atoms with van der Waals surface area (Å²) in [4.78, 5) is 19.6. The highest BCUT2D eigenvalue weighted by atomic mass is 32.1. The van der Waals surface area contributed by atoms with E-state index in [0.717, 1.165) is 30.0 Å². The molecule has 0 radical (unpaired) electrons. The number of nitrogens with zero attached hydrogens (tertiary/aromatic N) is 2. The molecule has 5 heteroatoms. The number of aryl methyl sites for hydroxylation is 2. The summed E-state index contributed by atoms with van der Waals surface area (Å²) in [6, 6.07) is 8.76. The Labute approximate surface area is 156 Å². The fraction of sp³-hybridized carbons (Fsp3) is 0.300. The molecule has 1 aliphatic rings. The number of amides is 1. The predicted octanol–water partition coefficient (Wildman–Crippen LogP) is 5.47. The minimum absolute atomic E-state index is 0.0541. The summed E-state index contributed by atoms with van der Waals surface area (Å²) in [7, 11) is 0. The van der Waals surface area contributed by atoms with Crippen molar-refractivity contribution in [3.05, 3.63) is 62.8 Å². The fourth-order valence-electron chi connectivity index (χ4n) is 3.37. The molecule has 3 aromatic rings. The van der Waals surface area contributed by atoms with Gasteiger partial charge in [-0.2, -0.15) is 11.3 Å². The topological polar surface area (TPSA) is 33.2 Å². The van der Waals surface area contributed by atoms with Crippen molar-refractivity contribution in [3.8, 4) is 10.6 Å². The Morgan fingerprint density at radius 2 is 2.08 bits per heavy atom. The molecule has 1 atom stereocenters. The first-order chi connectivity index (χ1) is 12.1. The van der Waals surface area contributed by atoms with Crippen LogP contribution in [0, 0.1) is 13.8 Å². The van der Waals surface area contributed by atoms with Gasteiger partial charge >= 0.3 is 0 Å². The lowest BCUT2D eigenvalue weighted by atomic mass is 9.99. The van der Waals surface area contributed by atoms with Gasteiger partial charge in [-0.25, -0.2) is 4.98 Å². The molecule has 1 aromatic carbocycles. The molecule has 0 aliphatic carbocycles. The number of thiazole rings is 1. The van der Waals surface area contributed by atoms with Crippen molar-refractivity contribution in [2.75, 3.05) is 6.54 Å². The molecule has 0 saturated carbocycles. The molecule has 3 nitrogen and oxygen atoms in total. The van der Waals surface area contributed by atoms with Crippen LogP contribution in [-0.4, -0.2) is 22.3 Å². The Morgan fingerprint density at radius 1 is 1.20 bits per heavy atom. The molecule has 128 valence electrons. The van der Waals surface area contributed by atoms with Gasteiger partial charge in [0.2, 0.25) is 0 Å². The number of benzene rings is 1. The van der Waals surface area contributed by atoms with Gasteiger partial charge in [-0.3, -0.25) is 4.79 Å². The minimum atomic E-state index is 0.0541. The van der Waals surface area contributed by atoms with Crippen LogP contribution in [0.5, 0.6) is 0 Å². The van der Waals surface area contributed by atoms with Crippen LogP contribution in [0.25, 0.3) is 10.6 Å². The van der Waals surface area contributed by atoms with E-state index in [1.165, 1.54) is 16.7 Å². The third-order valence-corrected chi connectivity index (χ3v) is 6.50. The smallest absolute Gasteiger partial charge is 0.273 e. The Morgan fingerprint density at radius 3 is 2.84 bits per heavy atom. The van der Waals surface area contributed by atoms with Gasteiger partial charge < -0.3 is 4.90 Å². The van der Waals surface area contributed by atoms with Gasteiger partial charge in [0.25, 0.3) is 5.91 Å². The first-order valence-corrected chi connectivity index (χ1v) is 10.3. The van der Waals surface area contributed by atoms with E-state index in [1.54, 1.807) is 22.7 Å². The molecule has 2 aromatic heterocycles. The molecular weight excluding hydrogens is 348 g/mol. The molecule has 4 rings (SSSR count). The first-order valence-electron chi connectivity index (χ1n) is 8.49. The Balaban J connectivity index is 1.59. The van der Waals surface area contributed by atoms with Crippen LogP contribution in [0.1, 0.15) is 46.1 Å². The molecule has 3 heterocycles. The molecule has 25 heavy (non-hydrogen) atoms. The van der Waals surface area contributed by atoms with Gasteiger partial charge in [0.1, 0.15) is 10.7 Å². The summed E-state index contributed by atoms with van der Waals surface area (Å²) in [6.07, 6.45) is 2.07. The Bertz CT molecular complexity index is 898. The van der Waals surface area contributed by atoms with E-state index in [4.69, 9.17) is 0 Å². The summed E-state index contributed by atoms with van der Waals surface area (Å²) >= 11 is 3.19. The maximum atomic E-state index is 13.0. The Hall–Kier alpha value is -1.98. The zero-order valence-corrected chi connectivity index (χ0v) is 16.0. The second-order valence-electron chi connectivity index (χ2n) is 6.55. The molecule has 1 saturated heterocycles. The molecular formula is C20H20N2OS2. The summed E-state index contributed by atoms with van der Waals surface area (Å²) in [5.41, 5.74) is 5.48. The maximum Gasteiger partial charge on any atom is 0.273 e. The predicted molar refractivity (Wildman–Crippen MR) is 104 cm³/mol. The summed E-state index contributed by atoms with van der Waals surface area (Å²) in [5.74, 6) is 0.0541. The lowest BCUT2D eigenvalue weighted by molar-refractivity contribution is 0.0730. The van der Waals surface area contributed by atoms with E-state index in [2.05, 4.69) is 42.4 Å². The molecule has 1 aliphatic heterocycles. The molecule has 0 spiro atoms. The molecule has 1 unspecified atom stereocenters. The van der Waals surface area contributed by atoms with Crippen LogP contribution in [0.3, 0.4) is 0 Å². The molecule has 0 bridgehead atoms. The molecule has 1 amide bonds. The van der Waals surface area contributed by atoms with Crippen LogP contribution in [0.4, 0.5) is 0 Å². The van der Waals surface area contributed by atoms with Gasteiger partial charge in [0.15, 0.2) is 0 Å². The van der Waals surface area contributed by atoms with Gasteiger partial charge in [-0.15, -0.1) is 11.3 Å². The van der Waals surface area contributed by atoms with E-state index in [1.807, 2.05) is 21.7 Å². The zero-order valence-electron chi connectivity index (χ0n) is 14.4.